The van der Waals surface area contributed by atoms with Gasteiger partial charge in [0.05, 0.1) is 18.5 Å². The Morgan fingerprint density at radius 1 is 1.56 bits per heavy atom. The molecule has 0 atom stereocenters. The molecule has 86 valence electrons. The Bertz CT molecular complexity index is 443. The molecule has 0 fully saturated rings. The Kier molecular flexibility index (Phi) is 3.44. The fourth-order valence-corrected chi connectivity index (χ4v) is 1.34. The Balaban J connectivity index is 3.14. The number of nitro benzene ring substituents is 1. The average Bonchev–Trinajstić information content (AvgIpc) is 2.21. The van der Waals surface area contributed by atoms with Gasteiger partial charge in [-0.1, -0.05) is 0 Å². The molecule has 0 spiro atoms. The number of nitrogens with two attached hydrogens (primary N) is 1. The van der Waals surface area contributed by atoms with Gasteiger partial charge in [0, 0.05) is 17.3 Å². The first-order valence-electron chi connectivity index (χ1n) is 4.56. The first-order chi connectivity index (χ1) is 7.45. The van der Waals surface area contributed by atoms with Crippen molar-refractivity contribution >= 4 is 17.3 Å². The van der Waals surface area contributed by atoms with Gasteiger partial charge in [-0.2, -0.15) is 0 Å². The average molecular weight is 224 g/mol. The second-order valence-corrected chi connectivity index (χ2v) is 3.35. The highest BCUT2D eigenvalue weighted by Crippen LogP contribution is 2.25. The molecule has 1 aromatic carbocycles. The Hall–Kier alpha value is -2.11. The number of aryl methyl sites for hydroxylation is 1. The van der Waals surface area contributed by atoms with Gasteiger partial charge >= 0.3 is 5.97 Å². The summed E-state index contributed by atoms with van der Waals surface area (Å²) in [5, 5.41) is 10.7. The summed E-state index contributed by atoms with van der Waals surface area (Å²) in [4.78, 5) is 21.2. The molecule has 0 aliphatic rings. The molecule has 0 amide bonds. The van der Waals surface area contributed by atoms with Crippen LogP contribution in [0.5, 0.6) is 0 Å². The first-order valence-corrected chi connectivity index (χ1v) is 4.56. The SMILES string of the molecule is COC(=O)Cc1cc([N+](=O)[O-])c(C)cc1N. The summed E-state index contributed by atoms with van der Waals surface area (Å²) in [7, 11) is 1.25. The number of anilines is 1. The van der Waals surface area contributed by atoms with Crippen LogP contribution in [0.2, 0.25) is 0 Å². The van der Waals surface area contributed by atoms with Crippen molar-refractivity contribution in [1.82, 2.24) is 0 Å². The van der Waals surface area contributed by atoms with Crippen LogP contribution in [0.25, 0.3) is 0 Å². The van der Waals surface area contributed by atoms with Crippen LogP contribution < -0.4 is 5.73 Å². The maximum absolute atomic E-state index is 11.1. The Morgan fingerprint density at radius 3 is 2.69 bits per heavy atom. The molecule has 16 heavy (non-hydrogen) atoms. The topological polar surface area (TPSA) is 95.5 Å². The van der Waals surface area contributed by atoms with Crippen LogP contribution >= 0.6 is 0 Å². The number of carbonyl (C=O) groups excluding carboxylic acids is 1. The molecule has 0 heterocycles. The van der Waals surface area contributed by atoms with Crippen LogP contribution in [0.15, 0.2) is 12.1 Å². The lowest BCUT2D eigenvalue weighted by Crippen LogP contribution is -2.08. The summed E-state index contributed by atoms with van der Waals surface area (Å²) < 4.78 is 4.48. The lowest BCUT2D eigenvalue weighted by atomic mass is 10.1. The fourth-order valence-electron chi connectivity index (χ4n) is 1.34. The zero-order valence-electron chi connectivity index (χ0n) is 9.02. The number of hydrogen-bond acceptors (Lipinski definition) is 5. The summed E-state index contributed by atoms with van der Waals surface area (Å²) >= 11 is 0. The zero-order chi connectivity index (χ0) is 12.3. The highest BCUT2D eigenvalue weighted by atomic mass is 16.6. The molecular weight excluding hydrogens is 212 g/mol. The number of nitro groups is 1. The minimum absolute atomic E-state index is 0.0481. The van der Waals surface area contributed by atoms with Crippen molar-refractivity contribution < 1.29 is 14.5 Å². The normalized spacial score (nSPS) is 9.88. The number of methoxy groups -OCH3 is 1. The summed E-state index contributed by atoms with van der Waals surface area (Å²) in [6.07, 6.45) is -0.0660. The van der Waals surface area contributed by atoms with E-state index in [9.17, 15) is 14.9 Å². The van der Waals surface area contributed by atoms with Gasteiger partial charge in [-0.25, -0.2) is 0 Å². The van der Waals surface area contributed by atoms with Crippen LogP contribution in [-0.2, 0) is 16.0 Å². The van der Waals surface area contributed by atoms with Gasteiger partial charge in [-0.3, -0.25) is 14.9 Å². The molecule has 2 N–H and O–H groups in total. The number of nitrogens with zero attached hydrogens (tertiary/aromatic N) is 1. The first kappa shape index (κ1) is 12.0. The predicted octanol–water partition coefficient (Wildman–Crippen LogP) is 1.20. The van der Waals surface area contributed by atoms with E-state index < -0.39 is 10.9 Å². The summed E-state index contributed by atoms with van der Waals surface area (Å²) in [6, 6.07) is 2.79. The van der Waals surface area contributed by atoms with E-state index in [0.29, 0.717) is 16.8 Å². The smallest absolute Gasteiger partial charge is 0.310 e. The number of ether oxygens (including phenoxy) is 1. The third kappa shape index (κ3) is 2.47. The predicted molar refractivity (Wildman–Crippen MR) is 58.0 cm³/mol. The number of benzene rings is 1. The van der Waals surface area contributed by atoms with Gasteiger partial charge in [0.2, 0.25) is 0 Å². The van der Waals surface area contributed by atoms with Gasteiger partial charge in [0.1, 0.15) is 0 Å². The number of esters is 1. The fraction of sp³-hybridized carbons (Fsp3) is 0.300. The Morgan fingerprint density at radius 2 is 2.19 bits per heavy atom. The molecule has 0 radical (unpaired) electrons. The lowest BCUT2D eigenvalue weighted by Gasteiger charge is -2.06. The van der Waals surface area contributed by atoms with Gasteiger partial charge in [-0.05, 0) is 18.6 Å². The summed E-state index contributed by atoms with van der Waals surface area (Å²) in [6.45, 7) is 1.59. The Labute approximate surface area is 92.2 Å². The maximum atomic E-state index is 11.1. The molecule has 0 unspecified atom stereocenters. The van der Waals surface area contributed by atoms with Crippen LogP contribution in [0.4, 0.5) is 11.4 Å². The van der Waals surface area contributed by atoms with E-state index >= 15 is 0 Å². The number of hydrogen-bond donors (Lipinski definition) is 1. The van der Waals surface area contributed by atoms with Crippen molar-refractivity contribution in [2.24, 2.45) is 0 Å². The van der Waals surface area contributed by atoms with Crippen molar-refractivity contribution in [2.45, 2.75) is 13.3 Å². The third-order valence-corrected chi connectivity index (χ3v) is 2.22. The molecule has 0 aliphatic heterocycles. The maximum Gasteiger partial charge on any atom is 0.310 e. The minimum Gasteiger partial charge on any atom is -0.469 e. The minimum atomic E-state index is -0.504. The van der Waals surface area contributed by atoms with Crippen molar-refractivity contribution in [1.29, 1.82) is 0 Å². The molecule has 1 aromatic rings. The molecule has 0 aromatic heterocycles. The molecule has 6 nitrogen and oxygen atoms in total. The van der Waals surface area contributed by atoms with E-state index in [1.165, 1.54) is 19.2 Å². The van der Waals surface area contributed by atoms with Crippen molar-refractivity contribution in [3.05, 3.63) is 33.4 Å². The number of rotatable bonds is 3. The monoisotopic (exact) mass is 224 g/mol. The van der Waals surface area contributed by atoms with Crippen molar-refractivity contribution in [2.75, 3.05) is 12.8 Å². The summed E-state index contributed by atoms with van der Waals surface area (Å²) in [5.41, 5.74) is 6.85. The van der Waals surface area contributed by atoms with Gasteiger partial charge in [0.25, 0.3) is 5.69 Å². The zero-order valence-corrected chi connectivity index (χ0v) is 9.02. The van der Waals surface area contributed by atoms with E-state index in [-0.39, 0.29) is 12.1 Å². The molecule has 1 rings (SSSR count). The molecule has 0 bridgehead atoms. The van der Waals surface area contributed by atoms with E-state index in [0.717, 1.165) is 0 Å². The van der Waals surface area contributed by atoms with Crippen LogP contribution in [0.1, 0.15) is 11.1 Å². The van der Waals surface area contributed by atoms with Crippen LogP contribution in [0, 0.1) is 17.0 Å². The van der Waals surface area contributed by atoms with Crippen LogP contribution in [0.3, 0.4) is 0 Å². The van der Waals surface area contributed by atoms with Gasteiger partial charge in [-0.15, -0.1) is 0 Å². The van der Waals surface area contributed by atoms with Crippen molar-refractivity contribution in [3.8, 4) is 0 Å². The van der Waals surface area contributed by atoms with Crippen LogP contribution in [-0.4, -0.2) is 18.0 Å². The number of nitrogen functional groups attached to an aromatic ring is 1. The second kappa shape index (κ2) is 4.61. The second-order valence-electron chi connectivity index (χ2n) is 3.35. The van der Waals surface area contributed by atoms with Gasteiger partial charge in [0.15, 0.2) is 0 Å². The molecule has 0 saturated carbocycles. The van der Waals surface area contributed by atoms with E-state index in [2.05, 4.69) is 4.74 Å². The largest absolute Gasteiger partial charge is 0.469 e. The molecule has 0 aliphatic carbocycles. The highest BCUT2D eigenvalue weighted by molar-refractivity contribution is 5.75. The molecule has 0 saturated heterocycles. The number of carbonyl (C=O) groups is 1. The third-order valence-electron chi connectivity index (χ3n) is 2.22. The standard InChI is InChI=1S/C10H12N2O4/c1-6-3-8(11)7(5-10(13)16-2)4-9(6)12(14)15/h3-4H,5,11H2,1-2H3. The van der Waals surface area contributed by atoms with Crippen molar-refractivity contribution in [3.63, 3.8) is 0 Å². The van der Waals surface area contributed by atoms with E-state index in [4.69, 9.17) is 5.73 Å². The van der Waals surface area contributed by atoms with E-state index in [1.807, 2.05) is 0 Å². The van der Waals surface area contributed by atoms with Gasteiger partial charge < -0.3 is 10.5 Å². The summed E-state index contributed by atoms with van der Waals surface area (Å²) in [5.74, 6) is -0.482. The molecular formula is C10H12N2O4. The quantitative estimate of drug-likeness (QED) is 0.360. The lowest BCUT2D eigenvalue weighted by molar-refractivity contribution is -0.385. The highest BCUT2D eigenvalue weighted by Gasteiger charge is 2.15. The van der Waals surface area contributed by atoms with E-state index in [1.54, 1.807) is 6.92 Å². The molecule has 6 heteroatoms.